The number of hydrogen-bond acceptors (Lipinski definition) is 8. The Bertz CT molecular complexity index is 1120. The van der Waals surface area contributed by atoms with Gasteiger partial charge in [0.05, 0.1) is 17.9 Å². The minimum atomic E-state index is -0.539. The van der Waals surface area contributed by atoms with Crippen LogP contribution in [0.4, 0.5) is 9.93 Å². The lowest BCUT2D eigenvalue weighted by Gasteiger charge is -2.29. The molecule has 10 nitrogen and oxygen atoms in total. The van der Waals surface area contributed by atoms with Crippen molar-refractivity contribution in [2.24, 2.45) is 0 Å². The van der Waals surface area contributed by atoms with Crippen molar-refractivity contribution in [3.63, 3.8) is 0 Å². The van der Waals surface area contributed by atoms with Crippen LogP contribution in [0.2, 0.25) is 0 Å². The molecule has 0 saturated heterocycles. The third-order valence-electron chi connectivity index (χ3n) is 4.66. The van der Waals surface area contributed by atoms with Crippen molar-refractivity contribution in [3.05, 3.63) is 46.2 Å². The Labute approximate surface area is 183 Å². The third kappa shape index (κ3) is 4.71. The van der Waals surface area contributed by atoms with E-state index in [1.807, 2.05) is 27.7 Å². The highest BCUT2D eigenvalue weighted by Crippen LogP contribution is 2.29. The number of amides is 2. The van der Waals surface area contributed by atoms with Crippen LogP contribution in [-0.2, 0) is 17.7 Å². The highest BCUT2D eigenvalue weighted by Gasteiger charge is 2.28. The molecule has 4 rings (SSSR count). The summed E-state index contributed by atoms with van der Waals surface area (Å²) in [6.07, 6.45) is 1.79. The first kappa shape index (κ1) is 20.9. The lowest BCUT2D eigenvalue weighted by atomic mass is 10.1. The van der Waals surface area contributed by atoms with Crippen LogP contribution in [0.15, 0.2) is 24.5 Å². The average molecular weight is 442 g/mol. The van der Waals surface area contributed by atoms with Crippen molar-refractivity contribution in [2.75, 3.05) is 11.9 Å². The van der Waals surface area contributed by atoms with Crippen LogP contribution in [0.25, 0.3) is 5.69 Å². The fraction of sp³-hybridized carbons (Fsp3) is 0.400. The van der Waals surface area contributed by atoms with Gasteiger partial charge >= 0.3 is 6.09 Å². The van der Waals surface area contributed by atoms with Gasteiger partial charge in [-0.25, -0.2) is 14.5 Å². The molecule has 0 radical (unpaired) electrons. The molecule has 1 aliphatic rings. The van der Waals surface area contributed by atoms with Gasteiger partial charge in [0.15, 0.2) is 5.13 Å². The van der Waals surface area contributed by atoms with Gasteiger partial charge in [-0.15, -0.1) is 5.10 Å². The number of benzene rings is 1. The second-order valence-corrected chi connectivity index (χ2v) is 9.33. The van der Waals surface area contributed by atoms with E-state index < -0.39 is 5.60 Å². The molecule has 0 aliphatic carbocycles. The lowest BCUT2D eigenvalue weighted by molar-refractivity contribution is 0.0225. The van der Waals surface area contributed by atoms with Crippen molar-refractivity contribution in [1.29, 1.82) is 0 Å². The minimum absolute atomic E-state index is 0.249. The summed E-state index contributed by atoms with van der Waals surface area (Å²) >= 11 is 1.38. The van der Waals surface area contributed by atoms with Gasteiger partial charge in [0.25, 0.3) is 5.91 Å². The van der Waals surface area contributed by atoms with E-state index in [1.165, 1.54) is 17.7 Å². The van der Waals surface area contributed by atoms with Gasteiger partial charge in [-0.2, -0.15) is 0 Å². The number of hydrogen-bond donors (Lipinski definition) is 1. The van der Waals surface area contributed by atoms with E-state index in [0.717, 1.165) is 21.8 Å². The summed E-state index contributed by atoms with van der Waals surface area (Å²) in [5.74, 6) is -0.249. The van der Waals surface area contributed by atoms with Gasteiger partial charge in [-0.05, 0) is 61.9 Å². The van der Waals surface area contributed by atoms with Crippen LogP contribution in [-0.4, -0.2) is 54.2 Å². The number of ether oxygens (including phenoxy) is 1. The van der Waals surface area contributed by atoms with Crippen molar-refractivity contribution in [2.45, 2.75) is 46.3 Å². The zero-order valence-corrected chi connectivity index (χ0v) is 18.6. The standard InChI is InChI=1S/C20H23N7O3S/c1-12-9-13(5-6-15(12)27-11-21-24-25-27)17(28)23-18-22-14-7-8-26(10-16(14)31-18)19(29)30-20(2,3)4/h5-6,9,11H,7-8,10H2,1-4H3,(H,22,23,28). The van der Waals surface area contributed by atoms with Crippen LogP contribution in [0.3, 0.4) is 0 Å². The van der Waals surface area contributed by atoms with Crippen LogP contribution in [0, 0.1) is 6.92 Å². The predicted octanol–water partition coefficient (Wildman–Crippen LogP) is 2.97. The molecule has 3 aromatic rings. The molecule has 1 aliphatic heterocycles. The molecule has 0 bridgehead atoms. The number of carbonyl (C=O) groups excluding carboxylic acids is 2. The fourth-order valence-electron chi connectivity index (χ4n) is 3.23. The third-order valence-corrected chi connectivity index (χ3v) is 5.66. The van der Waals surface area contributed by atoms with Crippen LogP contribution in [0.1, 0.15) is 47.3 Å². The summed E-state index contributed by atoms with van der Waals surface area (Å²) in [6, 6.07) is 5.30. The second-order valence-electron chi connectivity index (χ2n) is 8.25. The van der Waals surface area contributed by atoms with Gasteiger partial charge in [0.2, 0.25) is 0 Å². The minimum Gasteiger partial charge on any atom is -0.444 e. The van der Waals surface area contributed by atoms with Crippen LogP contribution >= 0.6 is 11.3 Å². The number of thiazole rings is 1. The molecule has 2 aromatic heterocycles. The number of fused-ring (bicyclic) bond motifs is 1. The molecule has 31 heavy (non-hydrogen) atoms. The van der Waals surface area contributed by atoms with Gasteiger partial charge < -0.3 is 9.64 Å². The Morgan fingerprint density at radius 3 is 2.74 bits per heavy atom. The average Bonchev–Trinajstić information content (AvgIpc) is 3.35. The Morgan fingerprint density at radius 1 is 1.26 bits per heavy atom. The highest BCUT2D eigenvalue weighted by molar-refractivity contribution is 7.15. The Kier molecular flexibility index (Phi) is 5.44. The molecule has 3 heterocycles. The monoisotopic (exact) mass is 441 g/mol. The number of nitrogens with zero attached hydrogens (tertiary/aromatic N) is 6. The van der Waals surface area contributed by atoms with Gasteiger partial charge in [-0.3, -0.25) is 10.1 Å². The first-order valence-electron chi connectivity index (χ1n) is 9.81. The molecule has 1 aromatic carbocycles. The molecule has 162 valence electrons. The van der Waals surface area contributed by atoms with Crippen molar-refractivity contribution in [1.82, 2.24) is 30.1 Å². The zero-order chi connectivity index (χ0) is 22.2. The normalized spacial score (nSPS) is 13.6. The first-order chi connectivity index (χ1) is 14.7. The Balaban J connectivity index is 1.44. The number of aromatic nitrogens is 5. The summed E-state index contributed by atoms with van der Waals surface area (Å²) in [4.78, 5) is 32.2. The van der Waals surface area contributed by atoms with Crippen LogP contribution < -0.4 is 5.32 Å². The first-order valence-corrected chi connectivity index (χ1v) is 10.6. The van der Waals surface area contributed by atoms with E-state index in [9.17, 15) is 9.59 Å². The molecular weight excluding hydrogens is 418 g/mol. The van der Waals surface area contributed by atoms with Crippen molar-refractivity contribution in [3.8, 4) is 5.69 Å². The van der Waals surface area contributed by atoms with E-state index in [-0.39, 0.29) is 12.0 Å². The Hall–Kier alpha value is -3.34. The molecule has 1 N–H and O–H groups in total. The summed E-state index contributed by atoms with van der Waals surface area (Å²) in [7, 11) is 0. The van der Waals surface area contributed by atoms with E-state index >= 15 is 0 Å². The summed E-state index contributed by atoms with van der Waals surface area (Å²) < 4.78 is 7.00. The van der Waals surface area contributed by atoms with Crippen molar-refractivity contribution >= 4 is 28.5 Å². The predicted molar refractivity (Wildman–Crippen MR) is 114 cm³/mol. The maximum atomic E-state index is 12.7. The second kappa shape index (κ2) is 8.06. The van der Waals surface area contributed by atoms with Gasteiger partial charge in [0.1, 0.15) is 11.9 Å². The SMILES string of the molecule is Cc1cc(C(=O)Nc2nc3c(s2)CN(C(=O)OC(C)(C)C)CC3)ccc1-n1cnnn1. The highest BCUT2D eigenvalue weighted by atomic mass is 32.1. The molecule has 0 fully saturated rings. The Morgan fingerprint density at radius 2 is 2.06 bits per heavy atom. The number of aryl methyl sites for hydroxylation is 1. The summed E-state index contributed by atoms with van der Waals surface area (Å²) in [5, 5.41) is 14.5. The maximum absolute atomic E-state index is 12.7. The maximum Gasteiger partial charge on any atom is 0.410 e. The van der Waals surface area contributed by atoms with Crippen molar-refractivity contribution < 1.29 is 14.3 Å². The van der Waals surface area contributed by atoms with E-state index in [0.29, 0.717) is 30.2 Å². The number of carbonyl (C=O) groups is 2. The van der Waals surface area contributed by atoms with Gasteiger partial charge in [0, 0.05) is 23.4 Å². The number of anilines is 1. The molecule has 0 spiro atoms. The van der Waals surface area contributed by atoms with Crippen LogP contribution in [0.5, 0.6) is 0 Å². The molecule has 0 saturated carbocycles. The van der Waals surface area contributed by atoms with Gasteiger partial charge in [-0.1, -0.05) is 11.3 Å². The molecule has 2 amide bonds. The number of tetrazole rings is 1. The zero-order valence-electron chi connectivity index (χ0n) is 17.7. The lowest BCUT2D eigenvalue weighted by Crippen LogP contribution is -2.39. The summed E-state index contributed by atoms with van der Waals surface area (Å²) in [6.45, 7) is 8.39. The van der Waals surface area contributed by atoms with E-state index in [1.54, 1.807) is 27.8 Å². The molecule has 0 atom stereocenters. The number of rotatable bonds is 3. The molecule has 11 heteroatoms. The molecule has 0 unspecified atom stereocenters. The quantitative estimate of drug-likeness (QED) is 0.664. The smallest absolute Gasteiger partial charge is 0.410 e. The largest absolute Gasteiger partial charge is 0.444 e. The number of nitrogens with one attached hydrogen (secondary N) is 1. The van der Waals surface area contributed by atoms with E-state index in [2.05, 4.69) is 25.8 Å². The fourth-order valence-corrected chi connectivity index (χ4v) is 4.24. The van der Waals surface area contributed by atoms with E-state index in [4.69, 9.17) is 4.74 Å². The molecular formula is C20H23N7O3S. The topological polar surface area (TPSA) is 115 Å². The summed E-state index contributed by atoms with van der Waals surface area (Å²) in [5.41, 5.74) is 2.55.